The van der Waals surface area contributed by atoms with Crippen LogP contribution in [0.15, 0.2) is 107 Å². The number of rotatable bonds is 3. The van der Waals surface area contributed by atoms with E-state index in [9.17, 15) is 34.5 Å². The van der Waals surface area contributed by atoms with Gasteiger partial charge in [-0.2, -0.15) is 0 Å². The number of amides is 1. The lowest BCUT2D eigenvalue weighted by Crippen LogP contribution is -2.25. The maximum Gasteiger partial charge on any atom is 0.341 e. The fraction of sp³-hybridized carbons (Fsp3) is 0.387. The molecule has 0 aliphatic carbocycles. The number of fused-ring (bicyclic) bond motifs is 2. The van der Waals surface area contributed by atoms with Crippen LogP contribution in [0.25, 0.3) is 21.8 Å². The zero-order valence-corrected chi connectivity index (χ0v) is 43.9. The number of nitrogen functional groups attached to an aromatic ring is 2. The molecule has 0 saturated carbocycles. The van der Waals surface area contributed by atoms with Gasteiger partial charge in [0.1, 0.15) is 28.4 Å². The number of aromatic hydroxyl groups is 3. The average molecular weight is 1090 g/mol. The van der Waals surface area contributed by atoms with E-state index in [0.717, 1.165) is 24.3 Å². The van der Waals surface area contributed by atoms with E-state index in [1.165, 1.54) is 12.4 Å². The molecule has 410 valence electrons. The molecule has 0 aliphatic rings. The molecular formula is C62H82ClN5O8. The van der Waals surface area contributed by atoms with Crippen LogP contribution in [-0.4, -0.2) is 42.3 Å². The lowest BCUT2D eigenvalue weighted by Gasteiger charge is -2.28. The minimum Gasteiger partial charge on any atom is -0.508 e. The van der Waals surface area contributed by atoms with Crippen LogP contribution >= 0.6 is 12.4 Å². The van der Waals surface area contributed by atoms with E-state index >= 15 is 0 Å². The van der Waals surface area contributed by atoms with E-state index in [1.54, 1.807) is 111 Å². The Bertz CT molecular complexity index is 4270. The number of phenols is 3. The molecule has 0 saturated heterocycles. The molecule has 5 aromatic carbocycles. The molecule has 7 aromatic rings. The van der Waals surface area contributed by atoms with E-state index in [2.05, 4.69) is 15.3 Å². The average Bonchev–Trinajstić information content (AvgIpc) is 0.712. The summed E-state index contributed by atoms with van der Waals surface area (Å²) in [5.41, 5.74) is -3.66. The summed E-state index contributed by atoms with van der Waals surface area (Å²) in [4.78, 5) is 53.9. The highest BCUT2D eigenvalue weighted by Gasteiger charge is 2.28. The monoisotopic (exact) mass is 1090 g/mol. The third kappa shape index (κ3) is 15.4. The maximum atomic E-state index is 13.1. The van der Waals surface area contributed by atoms with Gasteiger partial charge in [-0.05, 0) is 108 Å². The summed E-state index contributed by atoms with van der Waals surface area (Å²) in [5.74, 6) is -5.11. The molecule has 7 rings (SSSR count). The Kier molecular flexibility index (Phi) is 9.74. The van der Waals surface area contributed by atoms with Gasteiger partial charge < -0.3 is 47.2 Å². The highest BCUT2D eigenvalue weighted by Crippen LogP contribution is 2.41. The number of aromatic amines is 2. The van der Waals surface area contributed by atoms with Crippen LogP contribution in [0.1, 0.15) is 218 Å². The van der Waals surface area contributed by atoms with Crippen LogP contribution in [0, 0.1) is 0 Å². The number of carbonyl (C=O) groups excluding carboxylic acids is 1. The molecule has 13 nitrogen and oxygen atoms in total. The molecule has 2 aromatic heterocycles. The second-order valence-corrected chi connectivity index (χ2v) is 20.5. The second-order valence-electron chi connectivity index (χ2n) is 20.5. The highest BCUT2D eigenvalue weighted by molar-refractivity contribution is 6.06. The van der Waals surface area contributed by atoms with Gasteiger partial charge in [-0.1, -0.05) is 148 Å². The zero-order chi connectivity index (χ0) is 81.4. The van der Waals surface area contributed by atoms with Crippen molar-refractivity contribution in [2.75, 3.05) is 16.8 Å². The third-order valence-corrected chi connectivity index (χ3v) is 11.2. The number of aromatic carboxylic acids is 1. The number of carboxylic acids is 1. The largest absolute Gasteiger partial charge is 0.508 e. The molecule has 1 amide bonds. The topological polar surface area (TPSA) is 245 Å². The zero-order valence-electron chi connectivity index (χ0n) is 72.1. The van der Waals surface area contributed by atoms with E-state index < -0.39 is 163 Å². The maximum absolute atomic E-state index is 13.1. The fourth-order valence-electron chi connectivity index (χ4n) is 7.38. The second kappa shape index (κ2) is 23.3. The Morgan fingerprint density at radius 3 is 1.22 bits per heavy atom. The molecule has 0 fully saturated rings. The van der Waals surface area contributed by atoms with Gasteiger partial charge in [-0.3, -0.25) is 14.4 Å². The summed E-state index contributed by atoms with van der Waals surface area (Å²) < 4.78 is 227. The Labute approximate surface area is 495 Å². The number of nitrogens with two attached hydrogens (primary N) is 2. The lowest BCUT2D eigenvalue weighted by molar-refractivity contribution is 0.0695. The molecule has 14 heteroatoms. The fourth-order valence-corrected chi connectivity index (χ4v) is 7.38. The number of H-pyrrole nitrogens is 2. The summed E-state index contributed by atoms with van der Waals surface area (Å²) in [6.07, 6.45) is 2.45. The molecule has 2 heterocycles. The number of carbonyl (C=O) groups is 2. The van der Waals surface area contributed by atoms with Crippen LogP contribution in [0.4, 0.5) is 17.1 Å². The van der Waals surface area contributed by atoms with Gasteiger partial charge in [0, 0.05) is 106 Å². The molecule has 76 heavy (non-hydrogen) atoms. The standard InChI is InChI=1S/C24H28N2O3.2C14H23NO.C10H7NO3.ClH/c1-23(2,3)16-11-17(24(4,5)6)20(27)12-19(16)26-22(29)15-13-25-18-10-8-7-9-14(18)21(15)28;2*1-13(2,3)9-7-10(14(4,5)6)12(16)8-11(9)15;12-9-6-3-1-2-4-8(6)11-5-7(9)10(13)14;/h7-13,27H,1-6H3,(H,25,28)(H,26,29);2*7-8,16H,15H2,1-6H3;1-5H,(H,11,12)(H,13,14);1H/i4D3,5D3,6D3;2*4D3,5D3,6D3,8D;;. The summed E-state index contributed by atoms with van der Waals surface area (Å²) in [7, 11) is 0. The Morgan fingerprint density at radius 1 is 0.513 bits per heavy atom. The predicted octanol–water partition coefficient (Wildman–Crippen LogP) is 13.9. The van der Waals surface area contributed by atoms with Gasteiger partial charge >= 0.3 is 5.97 Å². The molecule has 0 radical (unpaired) electrons. The summed E-state index contributed by atoms with van der Waals surface area (Å²) in [5, 5.41) is 43.6. The molecule has 0 unspecified atom stereocenters. The highest BCUT2D eigenvalue weighted by atomic mass is 35.5. The van der Waals surface area contributed by atoms with Crippen LogP contribution < -0.4 is 27.6 Å². The molecule has 11 N–H and O–H groups in total. The van der Waals surface area contributed by atoms with Crippen LogP contribution in [0.3, 0.4) is 0 Å². The third-order valence-electron chi connectivity index (χ3n) is 11.2. The number of nitrogens with one attached hydrogen (secondary N) is 3. The van der Waals surface area contributed by atoms with Gasteiger partial charge in [0.25, 0.3) is 5.91 Å². The quantitative estimate of drug-likeness (QED) is 0.0758. The molecule has 0 bridgehead atoms. The van der Waals surface area contributed by atoms with Crippen molar-refractivity contribution in [2.24, 2.45) is 0 Å². The number of hydrogen-bond donors (Lipinski definition) is 9. The van der Waals surface area contributed by atoms with Gasteiger partial charge in [-0.25, -0.2) is 4.79 Å². The minimum atomic E-state index is -3.58. The minimum absolute atomic E-state index is 0. The van der Waals surface area contributed by atoms with Crippen molar-refractivity contribution in [3.05, 3.63) is 162 Å². The van der Waals surface area contributed by atoms with Gasteiger partial charge in [0.05, 0.1) is 2.74 Å². The number of carboxylic acid groups (broad SMARTS) is 1. The van der Waals surface area contributed by atoms with Gasteiger partial charge in [0.15, 0.2) is 0 Å². The van der Waals surface area contributed by atoms with Crippen LogP contribution in [-0.2, 0) is 32.5 Å². The van der Waals surface area contributed by atoms with Crippen molar-refractivity contribution < 1.29 is 69.8 Å². The van der Waals surface area contributed by atoms with Crippen molar-refractivity contribution in [1.29, 1.82) is 0 Å². The Balaban J connectivity index is 0.000000380. The van der Waals surface area contributed by atoms with E-state index in [1.807, 2.05) is 0 Å². The Hall–Kier alpha value is -7.25. The van der Waals surface area contributed by atoms with E-state index in [-0.39, 0.29) is 62.7 Å². The summed E-state index contributed by atoms with van der Waals surface area (Å²) >= 11 is 0. The summed E-state index contributed by atoms with van der Waals surface area (Å²) in [6.45, 7) is -16.8. The van der Waals surface area contributed by atoms with Crippen molar-refractivity contribution in [2.45, 2.75) is 156 Å². The van der Waals surface area contributed by atoms with Crippen molar-refractivity contribution >= 4 is 63.2 Å². The molecular weight excluding hydrogens is 978 g/mol. The number of phenolic OH excluding ortho intramolecular Hbond substituents is 3. The number of hydrogen-bond acceptors (Lipinski definition) is 9. The molecule has 0 spiro atoms. The van der Waals surface area contributed by atoms with E-state index in [0.29, 0.717) is 16.4 Å². The molecule has 0 atom stereocenters. The number of pyridine rings is 2. The summed E-state index contributed by atoms with van der Waals surface area (Å²) in [6, 6.07) is 15.9. The first-order valence-electron chi connectivity index (χ1n) is 37.2. The number of para-hydroxylation sites is 2. The van der Waals surface area contributed by atoms with Crippen LogP contribution in [0.2, 0.25) is 0 Å². The number of anilines is 3. The predicted molar refractivity (Wildman–Crippen MR) is 317 cm³/mol. The van der Waals surface area contributed by atoms with Gasteiger partial charge in [0.2, 0.25) is 10.9 Å². The lowest BCUT2D eigenvalue weighted by atomic mass is 9.79. The van der Waals surface area contributed by atoms with E-state index in [4.69, 9.17) is 56.3 Å². The first-order valence-corrected chi connectivity index (χ1v) is 22.7. The number of aromatic nitrogens is 2. The Morgan fingerprint density at radius 2 is 0.855 bits per heavy atom. The molecule has 0 aliphatic heterocycles. The normalized spacial score (nSPS) is 19.1. The smallest absolute Gasteiger partial charge is 0.341 e. The first-order chi connectivity index (χ1) is 46.3. The van der Waals surface area contributed by atoms with Crippen molar-refractivity contribution in [1.82, 2.24) is 9.97 Å². The number of halogens is 1. The van der Waals surface area contributed by atoms with Gasteiger partial charge in [-0.15, -0.1) is 12.4 Å². The number of benzene rings is 5. The van der Waals surface area contributed by atoms with Crippen molar-refractivity contribution in [3.8, 4) is 17.2 Å². The van der Waals surface area contributed by atoms with Crippen molar-refractivity contribution in [3.63, 3.8) is 0 Å². The SMILES string of the molecule is Cl.O=C(O)c1c[nH]c2ccccc2c1=O.[2H]C([2H])([2H])C(c1cc(C(C)(C)C)c(NC(=O)c2c[nH]c3ccccc3c2=O)cc1O)(C([2H])([2H])[2H])C([2H])([2H])[2H].[2H]c1c(N)c(C(C)(C)C)cc(C(C([2H])([2H])[2H])(C([2H])([2H])[2H])C([2H])([2H])[2H])c1O.[2H]c1c(N)c(C(C)(C)C)cc(C(C([2H])([2H])[2H])(C([2H])([2H])[2H])C([2H])([2H])[2H])c1O. The van der Waals surface area contributed by atoms with Crippen LogP contribution in [0.5, 0.6) is 17.2 Å². The first kappa shape index (κ1) is 31.7.